The number of aromatic nitrogens is 3. The predicted molar refractivity (Wildman–Crippen MR) is 68.1 cm³/mol. The Bertz CT molecular complexity index is 614. The zero-order valence-electron chi connectivity index (χ0n) is 9.86. The standard InChI is InChI=1S/C11H13ClN4O/c1-7-4-5-8(6-9(7)12)16-10(13-2)14-15(3)11(16)17/h4-6H,1-3H3,(H,13,14). The van der Waals surface area contributed by atoms with Crippen LogP contribution in [0, 0.1) is 6.92 Å². The van der Waals surface area contributed by atoms with E-state index in [-0.39, 0.29) is 5.69 Å². The molecule has 0 aliphatic rings. The third-order valence-electron chi connectivity index (χ3n) is 2.56. The Kier molecular flexibility index (Phi) is 2.93. The van der Waals surface area contributed by atoms with E-state index < -0.39 is 0 Å². The molecule has 5 nitrogen and oxygen atoms in total. The van der Waals surface area contributed by atoms with Crippen LogP contribution in [0.25, 0.3) is 5.69 Å². The smallest absolute Gasteiger partial charge is 0.351 e. The summed E-state index contributed by atoms with van der Waals surface area (Å²) >= 11 is 6.06. The van der Waals surface area contributed by atoms with Gasteiger partial charge in [0.2, 0.25) is 5.95 Å². The van der Waals surface area contributed by atoms with Gasteiger partial charge in [0, 0.05) is 19.1 Å². The number of hydrogen-bond acceptors (Lipinski definition) is 3. The largest absolute Gasteiger partial charge is 0.357 e. The summed E-state index contributed by atoms with van der Waals surface area (Å²) in [6.07, 6.45) is 0. The first-order valence-corrected chi connectivity index (χ1v) is 5.52. The quantitative estimate of drug-likeness (QED) is 0.883. The summed E-state index contributed by atoms with van der Waals surface area (Å²) in [6.45, 7) is 1.91. The van der Waals surface area contributed by atoms with Crippen LogP contribution in [-0.2, 0) is 7.05 Å². The molecule has 0 atom stereocenters. The maximum Gasteiger partial charge on any atom is 0.351 e. The van der Waals surface area contributed by atoms with E-state index in [9.17, 15) is 4.79 Å². The fourth-order valence-corrected chi connectivity index (χ4v) is 1.76. The molecule has 0 saturated heterocycles. The highest BCUT2D eigenvalue weighted by atomic mass is 35.5. The number of halogens is 1. The average molecular weight is 253 g/mol. The van der Waals surface area contributed by atoms with Gasteiger partial charge in [0.1, 0.15) is 0 Å². The fourth-order valence-electron chi connectivity index (χ4n) is 1.58. The Morgan fingerprint density at radius 1 is 1.41 bits per heavy atom. The number of nitrogens with one attached hydrogen (secondary N) is 1. The normalized spacial score (nSPS) is 10.6. The molecule has 90 valence electrons. The molecule has 0 unspecified atom stereocenters. The molecule has 1 N–H and O–H groups in total. The SMILES string of the molecule is CNc1nn(C)c(=O)n1-c1ccc(C)c(Cl)c1. The second-order valence-electron chi connectivity index (χ2n) is 3.75. The van der Waals surface area contributed by atoms with E-state index in [1.54, 1.807) is 20.2 Å². The highest BCUT2D eigenvalue weighted by Gasteiger charge is 2.12. The van der Waals surface area contributed by atoms with E-state index in [4.69, 9.17) is 11.6 Å². The van der Waals surface area contributed by atoms with Crippen molar-refractivity contribution in [2.24, 2.45) is 7.05 Å². The first kappa shape index (κ1) is 11.7. The Labute approximate surface area is 104 Å². The van der Waals surface area contributed by atoms with Crippen LogP contribution in [0.2, 0.25) is 5.02 Å². The molecule has 0 radical (unpaired) electrons. The van der Waals surface area contributed by atoms with Crippen LogP contribution in [0.5, 0.6) is 0 Å². The molecule has 1 heterocycles. The van der Waals surface area contributed by atoms with Gasteiger partial charge in [-0.3, -0.25) is 0 Å². The van der Waals surface area contributed by atoms with Crippen LogP contribution in [0.15, 0.2) is 23.0 Å². The highest BCUT2D eigenvalue weighted by Crippen LogP contribution is 2.20. The van der Waals surface area contributed by atoms with Gasteiger partial charge in [-0.15, -0.1) is 5.10 Å². The van der Waals surface area contributed by atoms with Gasteiger partial charge in [0.25, 0.3) is 0 Å². The van der Waals surface area contributed by atoms with Crippen LogP contribution in [-0.4, -0.2) is 21.4 Å². The van der Waals surface area contributed by atoms with Gasteiger partial charge < -0.3 is 5.32 Å². The van der Waals surface area contributed by atoms with Gasteiger partial charge >= 0.3 is 5.69 Å². The minimum absolute atomic E-state index is 0.214. The Hall–Kier alpha value is -1.75. The molecule has 0 aliphatic heterocycles. The van der Waals surface area contributed by atoms with Crippen molar-refractivity contribution in [2.45, 2.75) is 6.92 Å². The molecule has 0 amide bonds. The average Bonchev–Trinajstić information content (AvgIpc) is 2.59. The minimum atomic E-state index is -0.214. The summed E-state index contributed by atoms with van der Waals surface area (Å²) in [7, 11) is 3.32. The lowest BCUT2D eigenvalue weighted by atomic mass is 10.2. The molecule has 2 rings (SSSR count). The number of nitrogens with zero attached hydrogens (tertiary/aromatic N) is 3. The van der Waals surface area contributed by atoms with Gasteiger partial charge in [-0.2, -0.15) is 0 Å². The number of anilines is 1. The molecule has 2 aromatic rings. The second kappa shape index (κ2) is 4.25. The topological polar surface area (TPSA) is 51.9 Å². The molecule has 1 aromatic carbocycles. The first-order valence-electron chi connectivity index (χ1n) is 5.15. The van der Waals surface area contributed by atoms with Gasteiger partial charge in [0.05, 0.1) is 5.69 Å². The molecule has 1 aromatic heterocycles. The van der Waals surface area contributed by atoms with Crippen molar-refractivity contribution in [3.05, 3.63) is 39.3 Å². The molecule has 0 saturated carbocycles. The van der Waals surface area contributed by atoms with Crippen LogP contribution >= 0.6 is 11.6 Å². The molecular weight excluding hydrogens is 240 g/mol. The van der Waals surface area contributed by atoms with Gasteiger partial charge in [-0.05, 0) is 24.6 Å². The van der Waals surface area contributed by atoms with E-state index in [1.165, 1.54) is 9.25 Å². The van der Waals surface area contributed by atoms with E-state index >= 15 is 0 Å². The van der Waals surface area contributed by atoms with Crippen molar-refractivity contribution in [3.8, 4) is 5.69 Å². The van der Waals surface area contributed by atoms with Crippen LogP contribution in [0.4, 0.5) is 5.95 Å². The maximum absolute atomic E-state index is 11.9. The Morgan fingerprint density at radius 3 is 2.71 bits per heavy atom. The van der Waals surface area contributed by atoms with Crippen molar-refractivity contribution in [1.82, 2.24) is 14.3 Å². The third-order valence-corrected chi connectivity index (χ3v) is 2.97. The zero-order chi connectivity index (χ0) is 12.6. The molecule has 0 aliphatic carbocycles. The van der Waals surface area contributed by atoms with E-state index in [1.807, 2.05) is 19.1 Å². The summed E-state index contributed by atoms with van der Waals surface area (Å²) in [5, 5.41) is 7.57. The fraction of sp³-hybridized carbons (Fsp3) is 0.273. The van der Waals surface area contributed by atoms with E-state index in [0.717, 1.165) is 5.56 Å². The summed E-state index contributed by atoms with van der Waals surface area (Å²) in [4.78, 5) is 11.9. The number of hydrogen-bond donors (Lipinski definition) is 1. The molecular formula is C11H13ClN4O. The molecule has 0 spiro atoms. The van der Waals surface area contributed by atoms with Crippen molar-refractivity contribution in [3.63, 3.8) is 0 Å². The molecule has 17 heavy (non-hydrogen) atoms. The number of rotatable bonds is 2. The summed E-state index contributed by atoms with van der Waals surface area (Å²) in [5.74, 6) is 0.484. The first-order chi connectivity index (χ1) is 8.04. The van der Waals surface area contributed by atoms with E-state index in [2.05, 4.69) is 10.4 Å². The summed E-state index contributed by atoms with van der Waals surface area (Å²) in [6, 6.07) is 5.46. The lowest BCUT2D eigenvalue weighted by molar-refractivity contribution is 0.727. The Morgan fingerprint density at radius 2 is 2.12 bits per heavy atom. The minimum Gasteiger partial charge on any atom is -0.357 e. The lowest BCUT2D eigenvalue weighted by Crippen LogP contribution is -2.21. The van der Waals surface area contributed by atoms with Gasteiger partial charge in [-0.25, -0.2) is 14.0 Å². The van der Waals surface area contributed by atoms with Gasteiger partial charge in [-0.1, -0.05) is 17.7 Å². The number of aryl methyl sites for hydroxylation is 2. The summed E-state index contributed by atoms with van der Waals surface area (Å²) in [5.41, 5.74) is 1.45. The van der Waals surface area contributed by atoms with Crippen LogP contribution in [0.3, 0.4) is 0 Å². The Balaban J connectivity index is 2.67. The molecule has 0 bridgehead atoms. The molecule has 6 heteroatoms. The summed E-state index contributed by atoms with van der Waals surface area (Å²) < 4.78 is 2.75. The predicted octanol–water partition coefficient (Wildman–Crippen LogP) is 1.57. The zero-order valence-corrected chi connectivity index (χ0v) is 10.6. The van der Waals surface area contributed by atoms with Crippen molar-refractivity contribution in [1.29, 1.82) is 0 Å². The van der Waals surface area contributed by atoms with Crippen LogP contribution < -0.4 is 11.0 Å². The van der Waals surface area contributed by atoms with Crippen molar-refractivity contribution in [2.75, 3.05) is 12.4 Å². The lowest BCUT2D eigenvalue weighted by Gasteiger charge is -2.06. The van der Waals surface area contributed by atoms with Crippen LogP contribution in [0.1, 0.15) is 5.56 Å². The van der Waals surface area contributed by atoms with E-state index in [0.29, 0.717) is 16.7 Å². The van der Waals surface area contributed by atoms with Gasteiger partial charge in [0.15, 0.2) is 0 Å². The van der Waals surface area contributed by atoms with Crippen molar-refractivity contribution < 1.29 is 0 Å². The highest BCUT2D eigenvalue weighted by molar-refractivity contribution is 6.31. The third kappa shape index (κ3) is 1.93. The maximum atomic E-state index is 11.9. The second-order valence-corrected chi connectivity index (χ2v) is 4.16. The molecule has 0 fully saturated rings. The monoisotopic (exact) mass is 252 g/mol. The number of benzene rings is 1. The van der Waals surface area contributed by atoms with Crippen molar-refractivity contribution >= 4 is 17.5 Å².